The Balaban J connectivity index is 2.94. The fourth-order valence-corrected chi connectivity index (χ4v) is 1.93. The van der Waals surface area contributed by atoms with Crippen LogP contribution < -0.4 is 4.90 Å². The van der Waals surface area contributed by atoms with E-state index < -0.39 is 10.9 Å². The SMILES string of the molecule is CCOC(=O)CN(C)c1ccc(I)cc1[N+](=O)[O-]. The number of ether oxygens (including phenoxy) is 1. The number of halogens is 1. The van der Waals surface area contributed by atoms with Gasteiger partial charge in [-0.1, -0.05) is 0 Å². The quantitative estimate of drug-likeness (QED) is 0.347. The largest absolute Gasteiger partial charge is 0.465 e. The Morgan fingerprint density at radius 3 is 2.78 bits per heavy atom. The topological polar surface area (TPSA) is 72.7 Å². The standard InChI is InChI=1S/C11H13IN2O4/c1-3-18-11(15)7-13(2)9-5-4-8(12)6-10(9)14(16)17/h4-6H,3,7H2,1-2H3. The molecule has 0 atom stereocenters. The molecule has 0 amide bonds. The van der Waals surface area contributed by atoms with E-state index in [1.807, 2.05) is 22.6 Å². The van der Waals surface area contributed by atoms with Crippen LogP contribution in [0.1, 0.15) is 6.92 Å². The van der Waals surface area contributed by atoms with Crippen LogP contribution in [0.3, 0.4) is 0 Å². The molecule has 0 bridgehead atoms. The normalized spacial score (nSPS) is 9.94. The van der Waals surface area contributed by atoms with Crippen molar-refractivity contribution in [1.29, 1.82) is 0 Å². The van der Waals surface area contributed by atoms with Gasteiger partial charge in [-0.2, -0.15) is 0 Å². The summed E-state index contributed by atoms with van der Waals surface area (Å²) < 4.78 is 5.58. The maximum Gasteiger partial charge on any atom is 0.325 e. The summed E-state index contributed by atoms with van der Waals surface area (Å²) in [7, 11) is 1.62. The van der Waals surface area contributed by atoms with Crippen molar-refractivity contribution in [3.05, 3.63) is 31.9 Å². The van der Waals surface area contributed by atoms with E-state index in [0.717, 1.165) is 3.57 Å². The molecule has 1 aromatic carbocycles. The van der Waals surface area contributed by atoms with Gasteiger partial charge in [-0.05, 0) is 41.6 Å². The number of likely N-dealkylation sites (N-methyl/N-ethyl adjacent to an activating group) is 1. The number of benzene rings is 1. The molecule has 7 heteroatoms. The number of carbonyl (C=O) groups excluding carboxylic acids is 1. The zero-order chi connectivity index (χ0) is 13.7. The zero-order valence-corrected chi connectivity index (χ0v) is 12.2. The Kier molecular flexibility index (Phi) is 5.32. The molecule has 0 saturated carbocycles. The third kappa shape index (κ3) is 3.83. The highest BCUT2D eigenvalue weighted by molar-refractivity contribution is 14.1. The van der Waals surface area contributed by atoms with Crippen LogP contribution in [0.5, 0.6) is 0 Å². The lowest BCUT2D eigenvalue weighted by Gasteiger charge is -2.18. The molecule has 0 N–H and O–H groups in total. The van der Waals surface area contributed by atoms with Crippen molar-refractivity contribution in [3.63, 3.8) is 0 Å². The smallest absolute Gasteiger partial charge is 0.325 e. The first-order valence-corrected chi connectivity index (χ1v) is 6.34. The van der Waals surface area contributed by atoms with E-state index in [2.05, 4.69) is 0 Å². The number of hydrogen-bond acceptors (Lipinski definition) is 5. The van der Waals surface area contributed by atoms with Crippen LogP contribution in [0.2, 0.25) is 0 Å². The maximum atomic E-state index is 11.3. The first kappa shape index (κ1) is 14.7. The second-order valence-corrected chi connectivity index (χ2v) is 4.80. The van der Waals surface area contributed by atoms with Gasteiger partial charge in [-0.15, -0.1) is 0 Å². The molecule has 0 aliphatic carbocycles. The molecule has 0 saturated heterocycles. The fourth-order valence-electron chi connectivity index (χ4n) is 1.45. The highest BCUT2D eigenvalue weighted by atomic mass is 127. The molecular weight excluding hydrogens is 351 g/mol. The van der Waals surface area contributed by atoms with E-state index in [0.29, 0.717) is 12.3 Å². The maximum absolute atomic E-state index is 11.3. The van der Waals surface area contributed by atoms with Gasteiger partial charge in [0, 0.05) is 16.7 Å². The van der Waals surface area contributed by atoms with Crippen molar-refractivity contribution >= 4 is 39.9 Å². The molecular formula is C11H13IN2O4. The molecule has 1 rings (SSSR count). The zero-order valence-electron chi connectivity index (χ0n) is 10.1. The molecule has 0 fully saturated rings. The van der Waals surface area contributed by atoms with E-state index in [9.17, 15) is 14.9 Å². The number of carbonyl (C=O) groups is 1. The second kappa shape index (κ2) is 6.53. The molecule has 18 heavy (non-hydrogen) atoms. The number of anilines is 1. The summed E-state index contributed by atoms with van der Waals surface area (Å²) in [5.41, 5.74) is 0.377. The van der Waals surface area contributed by atoms with Gasteiger partial charge in [-0.25, -0.2) is 0 Å². The monoisotopic (exact) mass is 364 g/mol. The summed E-state index contributed by atoms with van der Waals surface area (Å²) in [6.07, 6.45) is 0. The molecule has 0 heterocycles. The average molecular weight is 364 g/mol. The van der Waals surface area contributed by atoms with Crippen molar-refractivity contribution in [2.45, 2.75) is 6.92 Å². The first-order valence-electron chi connectivity index (χ1n) is 5.26. The Labute approximate surface area is 118 Å². The number of hydrogen-bond donors (Lipinski definition) is 0. The van der Waals surface area contributed by atoms with Crippen LogP contribution in [-0.4, -0.2) is 31.1 Å². The molecule has 0 unspecified atom stereocenters. The van der Waals surface area contributed by atoms with Crippen LogP contribution in [0.15, 0.2) is 18.2 Å². The molecule has 0 aliphatic heterocycles. The van der Waals surface area contributed by atoms with Crippen molar-refractivity contribution in [2.75, 3.05) is 25.1 Å². The lowest BCUT2D eigenvalue weighted by molar-refractivity contribution is -0.384. The lowest BCUT2D eigenvalue weighted by Crippen LogP contribution is -2.27. The predicted molar refractivity (Wildman–Crippen MR) is 75.7 cm³/mol. The highest BCUT2D eigenvalue weighted by Gasteiger charge is 2.19. The van der Waals surface area contributed by atoms with Crippen molar-refractivity contribution in [2.24, 2.45) is 0 Å². The molecule has 0 aromatic heterocycles. The first-order chi connectivity index (χ1) is 8.45. The van der Waals surface area contributed by atoms with Gasteiger partial charge in [0.15, 0.2) is 0 Å². The van der Waals surface area contributed by atoms with Gasteiger partial charge in [-0.3, -0.25) is 14.9 Å². The summed E-state index contributed by atoms with van der Waals surface area (Å²) in [5, 5.41) is 10.9. The Morgan fingerprint density at radius 2 is 2.22 bits per heavy atom. The van der Waals surface area contributed by atoms with Gasteiger partial charge in [0.25, 0.3) is 5.69 Å². The van der Waals surface area contributed by atoms with Crippen molar-refractivity contribution in [3.8, 4) is 0 Å². The predicted octanol–water partition coefficient (Wildman–Crippen LogP) is 2.20. The Bertz CT molecular complexity index is 464. The highest BCUT2D eigenvalue weighted by Crippen LogP contribution is 2.28. The molecule has 0 aliphatic rings. The van der Waals surface area contributed by atoms with Gasteiger partial charge in [0.05, 0.1) is 11.5 Å². The third-order valence-electron chi connectivity index (χ3n) is 2.22. The summed E-state index contributed by atoms with van der Waals surface area (Å²) in [4.78, 5) is 23.3. The minimum absolute atomic E-state index is 0.0186. The van der Waals surface area contributed by atoms with Crippen LogP contribution in [0, 0.1) is 13.7 Å². The summed E-state index contributed by atoms with van der Waals surface area (Å²) >= 11 is 2.00. The number of esters is 1. The summed E-state index contributed by atoms with van der Waals surface area (Å²) in [6.45, 7) is 1.99. The number of rotatable bonds is 5. The second-order valence-electron chi connectivity index (χ2n) is 3.55. The van der Waals surface area contributed by atoms with E-state index in [-0.39, 0.29) is 12.2 Å². The van der Waals surface area contributed by atoms with Crippen molar-refractivity contribution in [1.82, 2.24) is 0 Å². The summed E-state index contributed by atoms with van der Waals surface area (Å²) in [5.74, 6) is -0.409. The van der Waals surface area contributed by atoms with Crippen LogP contribution >= 0.6 is 22.6 Å². The molecule has 98 valence electrons. The van der Waals surface area contributed by atoms with Crippen molar-refractivity contribution < 1.29 is 14.5 Å². The average Bonchev–Trinajstić information content (AvgIpc) is 2.28. The lowest BCUT2D eigenvalue weighted by atomic mass is 10.2. The minimum Gasteiger partial charge on any atom is -0.465 e. The third-order valence-corrected chi connectivity index (χ3v) is 2.89. The van der Waals surface area contributed by atoms with E-state index in [1.165, 1.54) is 11.0 Å². The van der Waals surface area contributed by atoms with Gasteiger partial charge < -0.3 is 9.64 Å². The summed E-state index contributed by atoms with van der Waals surface area (Å²) in [6, 6.07) is 4.85. The van der Waals surface area contributed by atoms with Crippen LogP contribution in [0.4, 0.5) is 11.4 Å². The minimum atomic E-state index is -0.459. The number of nitrogens with zero attached hydrogens (tertiary/aromatic N) is 2. The van der Waals surface area contributed by atoms with E-state index in [1.54, 1.807) is 26.1 Å². The molecule has 0 radical (unpaired) electrons. The number of nitro benzene ring substituents is 1. The molecule has 1 aromatic rings. The van der Waals surface area contributed by atoms with Gasteiger partial charge in [0.1, 0.15) is 12.2 Å². The van der Waals surface area contributed by atoms with Gasteiger partial charge >= 0.3 is 5.97 Å². The van der Waals surface area contributed by atoms with E-state index >= 15 is 0 Å². The van der Waals surface area contributed by atoms with Gasteiger partial charge in [0.2, 0.25) is 0 Å². The molecule has 6 nitrogen and oxygen atoms in total. The Hall–Kier alpha value is -1.38. The van der Waals surface area contributed by atoms with Crippen LogP contribution in [0.25, 0.3) is 0 Å². The fraction of sp³-hybridized carbons (Fsp3) is 0.364. The van der Waals surface area contributed by atoms with E-state index in [4.69, 9.17) is 4.74 Å². The molecule has 0 spiro atoms. The Morgan fingerprint density at radius 1 is 1.56 bits per heavy atom. The number of nitro groups is 1. The van der Waals surface area contributed by atoms with Crippen LogP contribution in [-0.2, 0) is 9.53 Å².